The van der Waals surface area contributed by atoms with E-state index in [0.717, 1.165) is 9.54 Å². The summed E-state index contributed by atoms with van der Waals surface area (Å²) in [4.78, 5) is 1.23. The number of aryl methyl sites for hydroxylation is 3. The summed E-state index contributed by atoms with van der Waals surface area (Å²) < 4.78 is 7.06. The van der Waals surface area contributed by atoms with Gasteiger partial charge in [-0.05, 0) is 60.0 Å². The molecule has 0 unspecified atom stereocenters. The van der Waals surface area contributed by atoms with E-state index >= 15 is 0 Å². The molecule has 0 N–H and O–H groups in total. The van der Waals surface area contributed by atoms with Crippen molar-refractivity contribution in [2.24, 2.45) is 0 Å². The molecule has 0 fully saturated rings. The Kier molecular flexibility index (Phi) is 3.89. The van der Waals surface area contributed by atoms with Crippen molar-refractivity contribution in [2.75, 3.05) is 0 Å². The molecule has 0 saturated carbocycles. The van der Waals surface area contributed by atoms with Crippen LogP contribution in [0.5, 0.6) is 5.75 Å². The van der Waals surface area contributed by atoms with Gasteiger partial charge in [0.15, 0.2) is 0 Å². The zero-order valence-electron chi connectivity index (χ0n) is 10.2. The van der Waals surface area contributed by atoms with E-state index in [-0.39, 0.29) is 0 Å². The average Bonchev–Trinajstić information content (AvgIpc) is 2.62. The standard InChI is InChI=1S/C14H15BrOS/c1-9-6-10(2)14(11(3)7-9)16-8-12-4-5-13(15)17-12/h4-7H,8H2,1-3H3. The molecular formula is C14H15BrOS. The van der Waals surface area contributed by atoms with E-state index in [4.69, 9.17) is 4.74 Å². The van der Waals surface area contributed by atoms with E-state index in [2.05, 4.69) is 61.0 Å². The van der Waals surface area contributed by atoms with Gasteiger partial charge in [-0.15, -0.1) is 11.3 Å². The van der Waals surface area contributed by atoms with E-state index in [1.165, 1.54) is 21.6 Å². The first-order valence-corrected chi connectivity index (χ1v) is 7.12. The van der Waals surface area contributed by atoms with Crippen molar-refractivity contribution in [3.8, 4) is 5.75 Å². The molecule has 0 atom stereocenters. The summed E-state index contributed by atoms with van der Waals surface area (Å²) >= 11 is 5.17. The summed E-state index contributed by atoms with van der Waals surface area (Å²) in [6.45, 7) is 6.94. The lowest BCUT2D eigenvalue weighted by molar-refractivity contribution is 0.305. The number of rotatable bonds is 3. The fraction of sp³-hybridized carbons (Fsp3) is 0.286. The third-order valence-electron chi connectivity index (χ3n) is 2.59. The van der Waals surface area contributed by atoms with E-state index in [9.17, 15) is 0 Å². The highest BCUT2D eigenvalue weighted by Gasteiger charge is 2.06. The second-order valence-electron chi connectivity index (χ2n) is 4.22. The lowest BCUT2D eigenvalue weighted by Crippen LogP contribution is -1.97. The summed E-state index contributed by atoms with van der Waals surface area (Å²) in [5.41, 5.74) is 3.70. The summed E-state index contributed by atoms with van der Waals surface area (Å²) in [5.74, 6) is 1.01. The maximum absolute atomic E-state index is 5.91. The number of benzene rings is 1. The minimum absolute atomic E-state index is 0.640. The Morgan fingerprint density at radius 3 is 2.29 bits per heavy atom. The molecule has 17 heavy (non-hydrogen) atoms. The summed E-state index contributed by atoms with van der Waals surface area (Å²) in [5, 5.41) is 0. The van der Waals surface area contributed by atoms with Crippen molar-refractivity contribution >= 4 is 27.3 Å². The fourth-order valence-electron chi connectivity index (χ4n) is 1.97. The third kappa shape index (κ3) is 3.11. The van der Waals surface area contributed by atoms with Gasteiger partial charge in [-0.2, -0.15) is 0 Å². The van der Waals surface area contributed by atoms with Crippen molar-refractivity contribution in [3.63, 3.8) is 0 Å². The molecule has 2 rings (SSSR count). The number of hydrogen-bond donors (Lipinski definition) is 0. The molecule has 0 aliphatic rings. The van der Waals surface area contributed by atoms with E-state index < -0.39 is 0 Å². The Balaban J connectivity index is 2.14. The number of hydrogen-bond acceptors (Lipinski definition) is 2. The van der Waals surface area contributed by atoms with Crippen LogP contribution in [0.25, 0.3) is 0 Å². The second-order valence-corrected chi connectivity index (χ2v) is 6.77. The molecule has 0 aliphatic heterocycles. The molecule has 1 nitrogen and oxygen atoms in total. The molecular weight excluding hydrogens is 296 g/mol. The van der Waals surface area contributed by atoms with Gasteiger partial charge in [0.25, 0.3) is 0 Å². The number of ether oxygens (including phenoxy) is 1. The molecule has 1 aromatic carbocycles. The Morgan fingerprint density at radius 1 is 1.12 bits per heavy atom. The Labute approximate surface area is 115 Å². The predicted molar refractivity (Wildman–Crippen MR) is 77.0 cm³/mol. The zero-order chi connectivity index (χ0) is 12.4. The quantitative estimate of drug-likeness (QED) is 0.774. The smallest absolute Gasteiger partial charge is 0.125 e. The number of halogens is 1. The van der Waals surface area contributed by atoms with Gasteiger partial charge in [-0.25, -0.2) is 0 Å². The highest BCUT2D eigenvalue weighted by Crippen LogP contribution is 2.27. The van der Waals surface area contributed by atoms with Crippen molar-refractivity contribution in [1.29, 1.82) is 0 Å². The molecule has 0 saturated heterocycles. The Morgan fingerprint density at radius 2 is 1.76 bits per heavy atom. The predicted octanol–water partition coefficient (Wildman–Crippen LogP) is 5.01. The molecule has 2 aromatic rings. The van der Waals surface area contributed by atoms with Gasteiger partial charge < -0.3 is 4.74 Å². The summed E-state index contributed by atoms with van der Waals surface area (Å²) in [7, 11) is 0. The van der Waals surface area contributed by atoms with Crippen LogP contribution in [0.4, 0.5) is 0 Å². The van der Waals surface area contributed by atoms with Crippen LogP contribution in [-0.2, 0) is 6.61 Å². The van der Waals surface area contributed by atoms with Gasteiger partial charge in [-0.1, -0.05) is 17.7 Å². The van der Waals surface area contributed by atoms with Crippen molar-refractivity contribution in [2.45, 2.75) is 27.4 Å². The van der Waals surface area contributed by atoms with Gasteiger partial charge in [0.05, 0.1) is 3.79 Å². The zero-order valence-corrected chi connectivity index (χ0v) is 12.6. The first-order valence-electron chi connectivity index (χ1n) is 5.51. The molecule has 0 spiro atoms. The third-order valence-corrected chi connectivity index (χ3v) is 4.19. The molecule has 90 valence electrons. The molecule has 1 heterocycles. The molecule has 0 aliphatic carbocycles. The summed E-state index contributed by atoms with van der Waals surface area (Å²) in [6.07, 6.45) is 0. The van der Waals surface area contributed by atoms with Crippen molar-refractivity contribution < 1.29 is 4.74 Å². The van der Waals surface area contributed by atoms with Gasteiger partial charge in [0.2, 0.25) is 0 Å². The van der Waals surface area contributed by atoms with Gasteiger partial charge in [-0.3, -0.25) is 0 Å². The second kappa shape index (κ2) is 5.23. The first kappa shape index (κ1) is 12.7. The normalized spacial score (nSPS) is 10.6. The molecule has 0 radical (unpaired) electrons. The van der Waals surface area contributed by atoms with Crippen LogP contribution in [0.2, 0.25) is 0 Å². The van der Waals surface area contributed by atoms with E-state index in [1.54, 1.807) is 11.3 Å². The maximum Gasteiger partial charge on any atom is 0.125 e. The SMILES string of the molecule is Cc1cc(C)c(OCc2ccc(Br)s2)c(C)c1. The molecule has 0 amide bonds. The first-order chi connectivity index (χ1) is 8.06. The van der Waals surface area contributed by atoms with Crippen LogP contribution < -0.4 is 4.74 Å². The minimum Gasteiger partial charge on any atom is -0.488 e. The van der Waals surface area contributed by atoms with Gasteiger partial charge >= 0.3 is 0 Å². The van der Waals surface area contributed by atoms with Crippen molar-refractivity contribution in [3.05, 3.63) is 49.6 Å². The highest BCUT2D eigenvalue weighted by atomic mass is 79.9. The van der Waals surface area contributed by atoms with Crippen LogP contribution in [0, 0.1) is 20.8 Å². The number of thiophene rings is 1. The molecule has 0 bridgehead atoms. The highest BCUT2D eigenvalue weighted by molar-refractivity contribution is 9.11. The Bertz CT molecular complexity index is 508. The van der Waals surface area contributed by atoms with Gasteiger partial charge in [0.1, 0.15) is 12.4 Å². The van der Waals surface area contributed by atoms with Crippen LogP contribution in [0.15, 0.2) is 28.1 Å². The lowest BCUT2D eigenvalue weighted by atomic mass is 10.1. The molecule has 3 heteroatoms. The van der Waals surface area contributed by atoms with Crippen LogP contribution in [0.1, 0.15) is 21.6 Å². The monoisotopic (exact) mass is 310 g/mol. The van der Waals surface area contributed by atoms with E-state index in [1.807, 2.05) is 0 Å². The Hall–Kier alpha value is -0.800. The fourth-order valence-corrected chi connectivity index (χ4v) is 3.36. The largest absolute Gasteiger partial charge is 0.488 e. The topological polar surface area (TPSA) is 9.23 Å². The van der Waals surface area contributed by atoms with E-state index in [0.29, 0.717) is 6.61 Å². The average molecular weight is 311 g/mol. The lowest BCUT2D eigenvalue weighted by Gasteiger charge is -2.12. The van der Waals surface area contributed by atoms with Crippen LogP contribution in [0.3, 0.4) is 0 Å². The summed E-state index contributed by atoms with van der Waals surface area (Å²) in [6, 6.07) is 8.46. The van der Waals surface area contributed by atoms with Crippen LogP contribution >= 0.6 is 27.3 Å². The van der Waals surface area contributed by atoms with Crippen molar-refractivity contribution in [1.82, 2.24) is 0 Å². The van der Waals surface area contributed by atoms with Gasteiger partial charge in [0, 0.05) is 4.88 Å². The minimum atomic E-state index is 0.640. The van der Waals surface area contributed by atoms with Crippen LogP contribution in [-0.4, -0.2) is 0 Å². The maximum atomic E-state index is 5.91. The molecule has 1 aromatic heterocycles.